The number of likely N-dealkylation sites (tertiary alicyclic amines) is 1. The van der Waals surface area contributed by atoms with Crippen LogP contribution in [0.15, 0.2) is 18.2 Å². The highest BCUT2D eigenvalue weighted by molar-refractivity contribution is 6.31. The van der Waals surface area contributed by atoms with Gasteiger partial charge in [-0.15, -0.1) is 0 Å². The molecule has 2 rings (SSSR count). The van der Waals surface area contributed by atoms with Gasteiger partial charge >= 0.3 is 12.1 Å². The van der Waals surface area contributed by atoms with E-state index in [1.807, 2.05) is 0 Å². The molecule has 0 radical (unpaired) electrons. The van der Waals surface area contributed by atoms with E-state index in [0.717, 1.165) is 11.0 Å². The average molecular weight is 326 g/mol. The van der Waals surface area contributed by atoms with Gasteiger partial charge in [0.1, 0.15) is 5.82 Å². The maximum atomic E-state index is 13.5. The molecule has 0 aliphatic carbocycles. The van der Waals surface area contributed by atoms with Crippen molar-refractivity contribution in [1.82, 2.24) is 4.90 Å². The quantitative estimate of drug-likeness (QED) is 0.868. The zero-order chi connectivity index (χ0) is 15.8. The molecule has 1 heterocycles. The van der Waals surface area contributed by atoms with E-state index in [-0.39, 0.29) is 23.7 Å². The van der Waals surface area contributed by atoms with Gasteiger partial charge in [0.25, 0.3) is 0 Å². The molecular formula is C13H12ClF4NO2. The Morgan fingerprint density at radius 3 is 2.62 bits per heavy atom. The van der Waals surface area contributed by atoms with Crippen LogP contribution in [-0.4, -0.2) is 41.8 Å². The molecule has 1 N–H and O–H groups in total. The van der Waals surface area contributed by atoms with E-state index >= 15 is 0 Å². The van der Waals surface area contributed by atoms with Gasteiger partial charge in [-0.3, -0.25) is 9.69 Å². The fourth-order valence-corrected chi connectivity index (χ4v) is 2.91. The molecule has 1 saturated heterocycles. The zero-order valence-electron chi connectivity index (χ0n) is 10.7. The maximum absolute atomic E-state index is 13.5. The van der Waals surface area contributed by atoms with Crippen molar-refractivity contribution in [2.75, 3.05) is 19.6 Å². The Morgan fingerprint density at radius 1 is 1.38 bits per heavy atom. The van der Waals surface area contributed by atoms with E-state index in [2.05, 4.69) is 0 Å². The first-order chi connectivity index (χ1) is 9.69. The van der Waals surface area contributed by atoms with Gasteiger partial charge in [0.2, 0.25) is 0 Å². The van der Waals surface area contributed by atoms with Gasteiger partial charge in [-0.2, -0.15) is 13.2 Å². The molecule has 1 aliphatic heterocycles. The van der Waals surface area contributed by atoms with Crippen molar-refractivity contribution in [3.8, 4) is 0 Å². The Kier molecular flexibility index (Phi) is 4.43. The lowest BCUT2D eigenvalue weighted by molar-refractivity contribution is -0.147. The fraction of sp³-hybridized carbons (Fsp3) is 0.462. The second-order valence-corrected chi connectivity index (χ2v) is 5.38. The summed E-state index contributed by atoms with van der Waals surface area (Å²) in [5.74, 6) is -3.75. The van der Waals surface area contributed by atoms with Gasteiger partial charge in [0.05, 0.1) is 17.5 Å². The molecule has 3 nitrogen and oxygen atoms in total. The van der Waals surface area contributed by atoms with Gasteiger partial charge < -0.3 is 5.11 Å². The Labute approximate surface area is 123 Å². The minimum absolute atomic E-state index is 0.125. The van der Waals surface area contributed by atoms with E-state index in [1.54, 1.807) is 0 Å². The first-order valence-corrected chi connectivity index (χ1v) is 6.52. The molecule has 116 valence electrons. The third kappa shape index (κ3) is 3.65. The van der Waals surface area contributed by atoms with Gasteiger partial charge in [0.15, 0.2) is 0 Å². The predicted octanol–water partition coefficient (Wildman–Crippen LogP) is 3.14. The minimum Gasteiger partial charge on any atom is -0.481 e. The van der Waals surface area contributed by atoms with Gasteiger partial charge in [-0.25, -0.2) is 4.39 Å². The van der Waals surface area contributed by atoms with Crippen LogP contribution in [0.25, 0.3) is 0 Å². The highest BCUT2D eigenvalue weighted by atomic mass is 35.5. The molecule has 1 aromatic rings. The third-order valence-corrected chi connectivity index (χ3v) is 3.90. The average Bonchev–Trinajstić information content (AvgIpc) is 2.74. The van der Waals surface area contributed by atoms with Crippen LogP contribution in [0.2, 0.25) is 5.02 Å². The van der Waals surface area contributed by atoms with Crippen LogP contribution < -0.4 is 0 Å². The zero-order valence-corrected chi connectivity index (χ0v) is 11.5. The van der Waals surface area contributed by atoms with Crippen LogP contribution in [0.4, 0.5) is 17.6 Å². The molecule has 0 unspecified atom stereocenters. The van der Waals surface area contributed by atoms with Crippen molar-refractivity contribution < 1.29 is 27.5 Å². The van der Waals surface area contributed by atoms with Crippen LogP contribution in [0, 0.1) is 11.7 Å². The summed E-state index contributed by atoms with van der Waals surface area (Å²) in [5, 5.41) is 8.94. The molecule has 0 saturated carbocycles. The van der Waals surface area contributed by atoms with E-state index in [1.165, 1.54) is 12.1 Å². The molecule has 0 spiro atoms. The van der Waals surface area contributed by atoms with Crippen molar-refractivity contribution in [3.63, 3.8) is 0 Å². The molecule has 8 heteroatoms. The summed E-state index contributed by atoms with van der Waals surface area (Å²) in [6, 6.07) is 3.93. The minimum atomic E-state index is -4.41. The van der Waals surface area contributed by atoms with Crippen LogP contribution >= 0.6 is 11.6 Å². The second kappa shape index (κ2) is 5.81. The van der Waals surface area contributed by atoms with Gasteiger partial charge in [0, 0.05) is 19.0 Å². The molecule has 21 heavy (non-hydrogen) atoms. The van der Waals surface area contributed by atoms with Gasteiger partial charge in [-0.1, -0.05) is 23.7 Å². The topological polar surface area (TPSA) is 40.5 Å². The number of alkyl halides is 3. The summed E-state index contributed by atoms with van der Waals surface area (Å²) in [6.07, 6.45) is -4.41. The van der Waals surface area contributed by atoms with Crippen molar-refractivity contribution >= 4 is 17.6 Å². The van der Waals surface area contributed by atoms with Crippen LogP contribution in [0.3, 0.4) is 0 Å². The number of halogens is 5. The van der Waals surface area contributed by atoms with E-state index in [4.69, 9.17) is 11.6 Å². The summed E-state index contributed by atoms with van der Waals surface area (Å²) in [6.45, 7) is -1.56. The number of hydrogen-bond donors (Lipinski definition) is 1. The Hall–Kier alpha value is -1.34. The number of nitrogens with zero attached hydrogens (tertiary/aromatic N) is 1. The van der Waals surface area contributed by atoms with Crippen LogP contribution in [-0.2, 0) is 4.79 Å². The highest BCUT2D eigenvalue weighted by Gasteiger charge is 2.43. The van der Waals surface area contributed by atoms with Crippen molar-refractivity contribution in [2.24, 2.45) is 5.92 Å². The highest BCUT2D eigenvalue weighted by Crippen LogP contribution is 2.38. The lowest BCUT2D eigenvalue weighted by Gasteiger charge is -2.18. The Bertz CT molecular complexity index is 549. The number of hydrogen-bond acceptors (Lipinski definition) is 2. The van der Waals surface area contributed by atoms with Crippen molar-refractivity contribution in [2.45, 2.75) is 12.1 Å². The first-order valence-electron chi connectivity index (χ1n) is 6.15. The predicted molar refractivity (Wildman–Crippen MR) is 67.8 cm³/mol. The molecular weight excluding hydrogens is 314 g/mol. The first kappa shape index (κ1) is 16.0. The second-order valence-electron chi connectivity index (χ2n) is 5.00. The summed E-state index contributed by atoms with van der Waals surface area (Å²) < 4.78 is 50.8. The molecule has 1 aliphatic rings. The lowest BCUT2D eigenvalue weighted by atomic mass is 9.89. The molecule has 0 bridgehead atoms. The normalized spacial score (nSPS) is 23.5. The SMILES string of the molecule is O=C(O)[C@@H]1CN(CC(F)(F)F)C[C@@H]1c1cccc(F)c1Cl. The van der Waals surface area contributed by atoms with E-state index in [9.17, 15) is 27.5 Å². The number of carboxylic acid groups (broad SMARTS) is 1. The van der Waals surface area contributed by atoms with Crippen molar-refractivity contribution in [3.05, 3.63) is 34.6 Å². The fourth-order valence-electron chi connectivity index (χ4n) is 2.64. The summed E-state index contributed by atoms with van der Waals surface area (Å²) in [7, 11) is 0. The van der Waals surface area contributed by atoms with Gasteiger partial charge in [-0.05, 0) is 11.6 Å². The largest absolute Gasteiger partial charge is 0.481 e. The van der Waals surface area contributed by atoms with E-state index < -0.39 is 36.3 Å². The Morgan fingerprint density at radius 2 is 2.05 bits per heavy atom. The third-order valence-electron chi connectivity index (χ3n) is 3.50. The number of carbonyl (C=O) groups is 1. The molecule has 1 aromatic carbocycles. The number of aliphatic carboxylic acids is 1. The molecule has 2 atom stereocenters. The number of rotatable bonds is 3. The smallest absolute Gasteiger partial charge is 0.401 e. The summed E-state index contributed by atoms with van der Waals surface area (Å²) in [4.78, 5) is 12.3. The molecule has 0 aromatic heterocycles. The van der Waals surface area contributed by atoms with Crippen LogP contribution in [0.1, 0.15) is 11.5 Å². The number of benzene rings is 1. The Balaban J connectivity index is 2.28. The van der Waals surface area contributed by atoms with Crippen LogP contribution in [0.5, 0.6) is 0 Å². The number of carboxylic acids is 1. The monoisotopic (exact) mass is 325 g/mol. The van der Waals surface area contributed by atoms with Crippen molar-refractivity contribution in [1.29, 1.82) is 0 Å². The molecule has 1 fully saturated rings. The standard InChI is InChI=1S/C13H12ClF4NO2/c14-11-7(2-1-3-10(11)15)8-4-19(6-13(16,17)18)5-9(8)12(20)21/h1-3,8-9H,4-6H2,(H,20,21)/t8-,9-/m1/s1. The van der Waals surface area contributed by atoms with E-state index in [0.29, 0.717) is 0 Å². The molecule has 0 amide bonds. The summed E-state index contributed by atoms with van der Waals surface area (Å²) >= 11 is 5.82. The summed E-state index contributed by atoms with van der Waals surface area (Å²) in [5.41, 5.74) is 0.230. The lowest BCUT2D eigenvalue weighted by Crippen LogP contribution is -2.33. The maximum Gasteiger partial charge on any atom is 0.401 e.